The molecule has 76 valence electrons. The van der Waals surface area contributed by atoms with Gasteiger partial charge < -0.3 is 5.11 Å². The van der Waals surface area contributed by atoms with Crippen molar-refractivity contribution in [3.8, 4) is 0 Å². The third-order valence-electron chi connectivity index (χ3n) is 1.52. The molecule has 1 N–H and O–H groups in total. The Morgan fingerprint density at radius 1 is 1.64 bits per heavy atom. The highest BCUT2D eigenvalue weighted by atomic mass is 79.9. The fraction of sp³-hybridized carbons (Fsp3) is 0.250. The third kappa shape index (κ3) is 2.73. The van der Waals surface area contributed by atoms with Crippen LogP contribution in [0.1, 0.15) is 12.0 Å². The van der Waals surface area contributed by atoms with E-state index in [1.165, 1.54) is 6.20 Å². The molecule has 0 aromatic carbocycles. The molecule has 14 heavy (non-hydrogen) atoms. The summed E-state index contributed by atoms with van der Waals surface area (Å²) in [5.41, 5.74) is -0.359. The topological polar surface area (TPSA) is 50.2 Å². The van der Waals surface area contributed by atoms with Crippen molar-refractivity contribution in [2.45, 2.75) is 12.3 Å². The van der Waals surface area contributed by atoms with E-state index in [1.54, 1.807) is 0 Å². The molecular formula is C8H6BrF2NO2. The second-order valence-corrected chi connectivity index (χ2v) is 3.45. The lowest BCUT2D eigenvalue weighted by molar-refractivity contribution is -0.145. The number of carboxylic acid groups (broad SMARTS) is 1. The number of alkyl halides is 2. The number of carboxylic acids is 1. The molecule has 0 atom stereocenters. The number of pyridine rings is 1. The van der Waals surface area contributed by atoms with E-state index in [0.717, 1.165) is 12.1 Å². The highest BCUT2D eigenvalue weighted by molar-refractivity contribution is 9.10. The summed E-state index contributed by atoms with van der Waals surface area (Å²) in [6.07, 6.45) is -0.0291. The molecule has 0 saturated heterocycles. The van der Waals surface area contributed by atoms with Gasteiger partial charge in [0.2, 0.25) is 0 Å². The average molecular weight is 266 g/mol. The number of hydrogen-bond donors (Lipinski definition) is 1. The van der Waals surface area contributed by atoms with Gasteiger partial charge in [-0.15, -0.1) is 0 Å². The van der Waals surface area contributed by atoms with Crippen molar-refractivity contribution in [2.75, 3.05) is 0 Å². The highest BCUT2D eigenvalue weighted by Gasteiger charge is 2.34. The van der Waals surface area contributed by atoms with E-state index in [1.807, 2.05) is 0 Å². The van der Waals surface area contributed by atoms with Crippen LogP contribution in [-0.4, -0.2) is 16.1 Å². The molecule has 1 aromatic heterocycles. The van der Waals surface area contributed by atoms with Crippen LogP contribution in [0.5, 0.6) is 0 Å². The smallest absolute Gasteiger partial charge is 0.309 e. The molecule has 0 aliphatic rings. The van der Waals surface area contributed by atoms with Crippen molar-refractivity contribution < 1.29 is 18.7 Å². The summed E-state index contributed by atoms with van der Waals surface area (Å²) in [5.74, 6) is -4.90. The van der Waals surface area contributed by atoms with Crippen LogP contribution in [0.2, 0.25) is 0 Å². The van der Waals surface area contributed by atoms with Gasteiger partial charge in [-0.3, -0.25) is 4.79 Å². The Kier molecular flexibility index (Phi) is 3.15. The van der Waals surface area contributed by atoms with E-state index in [0.29, 0.717) is 0 Å². The molecule has 1 rings (SSSR count). The van der Waals surface area contributed by atoms with E-state index >= 15 is 0 Å². The number of halogens is 3. The van der Waals surface area contributed by atoms with E-state index in [2.05, 4.69) is 20.9 Å². The van der Waals surface area contributed by atoms with Crippen molar-refractivity contribution in [2.24, 2.45) is 0 Å². The molecule has 0 fully saturated rings. The Morgan fingerprint density at radius 3 is 2.79 bits per heavy atom. The van der Waals surface area contributed by atoms with E-state index in [-0.39, 0.29) is 10.2 Å². The molecule has 0 spiro atoms. The molecule has 3 nitrogen and oxygen atoms in total. The summed E-state index contributed by atoms with van der Waals surface area (Å²) in [6.45, 7) is 0. The van der Waals surface area contributed by atoms with Crippen LogP contribution in [-0.2, 0) is 10.7 Å². The quantitative estimate of drug-likeness (QED) is 0.854. The Balaban J connectivity index is 2.97. The predicted molar refractivity (Wildman–Crippen MR) is 48.1 cm³/mol. The molecule has 0 bridgehead atoms. The maximum Gasteiger partial charge on any atom is 0.309 e. The summed E-state index contributed by atoms with van der Waals surface area (Å²) in [7, 11) is 0. The van der Waals surface area contributed by atoms with Crippen LogP contribution >= 0.6 is 15.9 Å². The number of hydrogen-bond acceptors (Lipinski definition) is 2. The number of carbonyl (C=O) groups is 1. The van der Waals surface area contributed by atoms with Gasteiger partial charge in [0.25, 0.3) is 5.92 Å². The third-order valence-corrected chi connectivity index (χ3v) is 1.96. The van der Waals surface area contributed by atoms with Crippen LogP contribution in [0.25, 0.3) is 0 Å². The van der Waals surface area contributed by atoms with Crippen LogP contribution in [0.4, 0.5) is 8.78 Å². The first-order valence-electron chi connectivity index (χ1n) is 3.63. The highest BCUT2D eigenvalue weighted by Crippen LogP contribution is 2.32. The molecule has 1 aromatic rings. The molecule has 0 amide bonds. The van der Waals surface area contributed by atoms with Crippen LogP contribution in [0.15, 0.2) is 22.9 Å². The Hall–Kier alpha value is -1.04. The van der Waals surface area contributed by atoms with Gasteiger partial charge in [0.15, 0.2) is 0 Å². The average Bonchev–Trinajstić information content (AvgIpc) is 2.01. The van der Waals surface area contributed by atoms with Crippen LogP contribution in [0.3, 0.4) is 0 Å². The summed E-state index contributed by atoms with van der Waals surface area (Å²) in [6, 6.07) is 2.19. The Labute approximate surface area is 86.9 Å². The lowest BCUT2D eigenvalue weighted by atomic mass is 10.1. The standard InChI is InChI=1S/C8H6BrF2NO2/c9-6-3-5(1-2-12-6)8(10,11)4-7(13)14/h1-3H,4H2,(H,13,14). The predicted octanol–water partition coefficient (Wildman–Crippen LogP) is 2.41. The number of nitrogens with zero attached hydrogens (tertiary/aromatic N) is 1. The SMILES string of the molecule is O=C(O)CC(F)(F)c1ccnc(Br)c1. The number of aliphatic carboxylic acids is 1. The van der Waals surface area contributed by atoms with E-state index in [4.69, 9.17) is 5.11 Å². The van der Waals surface area contributed by atoms with Gasteiger partial charge in [-0.25, -0.2) is 13.8 Å². The molecule has 6 heteroatoms. The first-order chi connectivity index (χ1) is 6.42. The molecule has 0 radical (unpaired) electrons. The number of rotatable bonds is 3. The molecule has 1 heterocycles. The zero-order valence-electron chi connectivity index (χ0n) is 6.88. The van der Waals surface area contributed by atoms with Gasteiger partial charge in [0.1, 0.15) is 11.0 Å². The lowest BCUT2D eigenvalue weighted by Crippen LogP contribution is -2.18. The van der Waals surface area contributed by atoms with Gasteiger partial charge in [-0.2, -0.15) is 0 Å². The molecule has 0 unspecified atom stereocenters. The fourth-order valence-electron chi connectivity index (χ4n) is 0.922. The lowest BCUT2D eigenvalue weighted by Gasteiger charge is -2.13. The van der Waals surface area contributed by atoms with Crippen molar-refractivity contribution >= 4 is 21.9 Å². The summed E-state index contributed by atoms with van der Waals surface area (Å²) in [5, 5.41) is 8.27. The molecular weight excluding hydrogens is 260 g/mol. The van der Waals surface area contributed by atoms with Crippen LogP contribution < -0.4 is 0 Å². The molecule has 0 aliphatic carbocycles. The van der Waals surface area contributed by atoms with Gasteiger partial charge in [-0.1, -0.05) is 0 Å². The minimum Gasteiger partial charge on any atom is -0.481 e. The second kappa shape index (κ2) is 4.00. The minimum atomic E-state index is -3.36. The summed E-state index contributed by atoms with van der Waals surface area (Å²) >= 11 is 2.93. The maximum absolute atomic E-state index is 13.2. The van der Waals surface area contributed by atoms with E-state index in [9.17, 15) is 13.6 Å². The van der Waals surface area contributed by atoms with Crippen molar-refractivity contribution in [3.05, 3.63) is 28.5 Å². The molecule has 0 aliphatic heterocycles. The van der Waals surface area contributed by atoms with Crippen molar-refractivity contribution in [3.63, 3.8) is 0 Å². The first kappa shape index (κ1) is 11.0. The van der Waals surface area contributed by atoms with Gasteiger partial charge in [0, 0.05) is 11.8 Å². The van der Waals surface area contributed by atoms with E-state index < -0.39 is 18.3 Å². The van der Waals surface area contributed by atoms with Crippen molar-refractivity contribution in [1.82, 2.24) is 4.98 Å². The summed E-state index contributed by atoms with van der Waals surface area (Å²) in [4.78, 5) is 13.8. The normalized spacial score (nSPS) is 11.4. The Morgan fingerprint density at radius 2 is 2.29 bits per heavy atom. The monoisotopic (exact) mass is 265 g/mol. The molecule has 0 saturated carbocycles. The summed E-state index contributed by atoms with van der Waals surface area (Å²) < 4.78 is 26.6. The second-order valence-electron chi connectivity index (χ2n) is 2.64. The minimum absolute atomic E-state index is 0.250. The maximum atomic E-state index is 13.2. The van der Waals surface area contributed by atoms with Gasteiger partial charge in [-0.05, 0) is 28.1 Å². The zero-order chi connectivity index (χ0) is 10.8. The number of aromatic nitrogens is 1. The van der Waals surface area contributed by atoms with Gasteiger partial charge >= 0.3 is 5.97 Å². The van der Waals surface area contributed by atoms with Crippen LogP contribution in [0, 0.1) is 0 Å². The largest absolute Gasteiger partial charge is 0.481 e. The fourth-order valence-corrected chi connectivity index (χ4v) is 1.29. The first-order valence-corrected chi connectivity index (χ1v) is 4.43. The Bertz CT molecular complexity index is 357. The van der Waals surface area contributed by atoms with Crippen molar-refractivity contribution in [1.29, 1.82) is 0 Å². The zero-order valence-corrected chi connectivity index (χ0v) is 8.46. The van der Waals surface area contributed by atoms with Gasteiger partial charge in [0.05, 0.1) is 0 Å².